The van der Waals surface area contributed by atoms with E-state index in [0.717, 1.165) is 12.0 Å². The van der Waals surface area contributed by atoms with Crippen molar-refractivity contribution in [3.05, 3.63) is 34.6 Å². The zero-order valence-electron chi connectivity index (χ0n) is 10.5. The Morgan fingerprint density at radius 1 is 1.47 bits per heavy atom. The summed E-state index contributed by atoms with van der Waals surface area (Å²) in [6.45, 7) is 2.06. The van der Waals surface area contributed by atoms with Gasteiger partial charge in [-0.25, -0.2) is 4.39 Å². The molecule has 0 aromatic heterocycles. The first-order valence-corrected chi connectivity index (χ1v) is 6.14. The van der Waals surface area contributed by atoms with Crippen LogP contribution in [0, 0.1) is 5.82 Å². The molecular formula is C13H19ClFNO. The minimum atomic E-state index is -0.260. The smallest absolute Gasteiger partial charge is 0.123 e. The van der Waals surface area contributed by atoms with Crippen molar-refractivity contribution in [2.75, 3.05) is 14.2 Å². The molecule has 0 aliphatic carbocycles. The van der Waals surface area contributed by atoms with Crippen LogP contribution < -0.4 is 5.32 Å². The fourth-order valence-electron chi connectivity index (χ4n) is 1.97. The summed E-state index contributed by atoms with van der Waals surface area (Å²) in [5, 5.41) is 3.79. The lowest BCUT2D eigenvalue weighted by molar-refractivity contribution is 0.0678. The number of halogens is 2. The summed E-state index contributed by atoms with van der Waals surface area (Å²) in [5.74, 6) is -0.260. The van der Waals surface area contributed by atoms with Crippen LogP contribution in [0.1, 0.15) is 18.9 Å². The molecule has 96 valence electrons. The largest absolute Gasteiger partial charge is 0.380 e. The predicted octanol–water partition coefficient (Wildman–Crippen LogP) is 3.03. The minimum absolute atomic E-state index is 0.0966. The van der Waals surface area contributed by atoms with Gasteiger partial charge in [0.15, 0.2) is 0 Å². The van der Waals surface area contributed by atoms with Gasteiger partial charge in [-0.05, 0) is 43.7 Å². The van der Waals surface area contributed by atoms with Gasteiger partial charge in [-0.1, -0.05) is 18.5 Å². The van der Waals surface area contributed by atoms with Gasteiger partial charge in [-0.3, -0.25) is 0 Å². The fourth-order valence-corrected chi connectivity index (χ4v) is 2.17. The third-order valence-corrected chi connectivity index (χ3v) is 3.34. The Balaban J connectivity index is 2.83. The van der Waals surface area contributed by atoms with E-state index in [0.29, 0.717) is 11.4 Å². The summed E-state index contributed by atoms with van der Waals surface area (Å²) in [4.78, 5) is 0. The van der Waals surface area contributed by atoms with Crippen LogP contribution in [0.2, 0.25) is 5.02 Å². The summed E-state index contributed by atoms with van der Waals surface area (Å²) in [6.07, 6.45) is 1.65. The van der Waals surface area contributed by atoms with Gasteiger partial charge in [-0.2, -0.15) is 0 Å². The highest BCUT2D eigenvalue weighted by atomic mass is 35.5. The van der Waals surface area contributed by atoms with Gasteiger partial charge >= 0.3 is 0 Å². The highest BCUT2D eigenvalue weighted by Crippen LogP contribution is 2.20. The number of nitrogens with one attached hydrogen (secondary N) is 1. The molecule has 1 rings (SSSR count). The first-order chi connectivity index (χ1) is 8.12. The molecule has 0 aliphatic rings. The van der Waals surface area contributed by atoms with Crippen LogP contribution in [-0.2, 0) is 11.2 Å². The number of methoxy groups -OCH3 is 1. The van der Waals surface area contributed by atoms with Crippen LogP contribution in [0.25, 0.3) is 0 Å². The van der Waals surface area contributed by atoms with Crippen LogP contribution in [0.4, 0.5) is 4.39 Å². The lowest BCUT2D eigenvalue weighted by atomic mass is 9.99. The molecule has 0 aliphatic heterocycles. The molecule has 0 bridgehead atoms. The van der Waals surface area contributed by atoms with Crippen molar-refractivity contribution in [2.45, 2.75) is 31.9 Å². The standard InChI is InChI=1S/C13H19ClFNO/c1-4-13(17-3)12(16-2)8-9-7-10(15)5-6-11(9)14/h5-7,12-13,16H,4,8H2,1-3H3. The molecule has 0 spiro atoms. The number of likely N-dealkylation sites (N-methyl/N-ethyl adjacent to an activating group) is 1. The molecule has 1 aromatic carbocycles. The lowest BCUT2D eigenvalue weighted by Gasteiger charge is -2.25. The maximum atomic E-state index is 13.2. The second-order valence-corrected chi connectivity index (χ2v) is 4.42. The number of rotatable bonds is 6. The maximum absolute atomic E-state index is 13.2. The molecule has 0 amide bonds. The molecule has 2 atom stereocenters. The Hall–Kier alpha value is -0.640. The number of hydrogen-bond acceptors (Lipinski definition) is 2. The summed E-state index contributed by atoms with van der Waals surface area (Å²) in [7, 11) is 3.56. The SMILES string of the molecule is CCC(OC)C(Cc1cc(F)ccc1Cl)NC. The van der Waals surface area contributed by atoms with Gasteiger partial charge in [0.2, 0.25) is 0 Å². The number of hydrogen-bond donors (Lipinski definition) is 1. The Morgan fingerprint density at radius 2 is 2.18 bits per heavy atom. The number of benzene rings is 1. The van der Waals surface area contributed by atoms with Gasteiger partial charge in [-0.15, -0.1) is 0 Å². The molecule has 1 N–H and O–H groups in total. The van der Waals surface area contributed by atoms with Crippen molar-refractivity contribution in [2.24, 2.45) is 0 Å². The summed E-state index contributed by atoms with van der Waals surface area (Å²) < 4.78 is 18.6. The van der Waals surface area contributed by atoms with Gasteiger partial charge < -0.3 is 10.1 Å². The zero-order valence-corrected chi connectivity index (χ0v) is 11.2. The quantitative estimate of drug-likeness (QED) is 0.848. The van der Waals surface area contributed by atoms with Gasteiger partial charge in [0.1, 0.15) is 5.82 Å². The van der Waals surface area contributed by atoms with E-state index in [-0.39, 0.29) is 18.0 Å². The monoisotopic (exact) mass is 259 g/mol. The normalized spacial score (nSPS) is 14.6. The van der Waals surface area contributed by atoms with Crippen molar-refractivity contribution in [1.82, 2.24) is 5.32 Å². The third-order valence-electron chi connectivity index (χ3n) is 2.97. The van der Waals surface area contributed by atoms with Crippen molar-refractivity contribution in [1.29, 1.82) is 0 Å². The molecule has 0 saturated heterocycles. The van der Waals surface area contributed by atoms with Crippen molar-refractivity contribution in [3.8, 4) is 0 Å². The summed E-state index contributed by atoms with van der Waals surface area (Å²) in [6, 6.07) is 4.57. The minimum Gasteiger partial charge on any atom is -0.380 e. The van der Waals surface area contributed by atoms with Gasteiger partial charge in [0.25, 0.3) is 0 Å². The van der Waals surface area contributed by atoms with Crippen LogP contribution in [0.5, 0.6) is 0 Å². The summed E-state index contributed by atoms with van der Waals surface area (Å²) >= 11 is 6.05. The van der Waals surface area contributed by atoms with Crippen molar-refractivity contribution < 1.29 is 9.13 Å². The first-order valence-electron chi connectivity index (χ1n) is 5.76. The molecule has 0 fully saturated rings. The maximum Gasteiger partial charge on any atom is 0.123 e. The Kier molecular flexibility index (Phi) is 5.89. The van der Waals surface area contributed by atoms with E-state index >= 15 is 0 Å². The van der Waals surface area contributed by atoms with Gasteiger partial charge in [0, 0.05) is 18.2 Å². The molecule has 0 saturated carbocycles. The average Bonchev–Trinajstić information content (AvgIpc) is 2.33. The molecule has 2 unspecified atom stereocenters. The van der Waals surface area contributed by atoms with E-state index in [1.165, 1.54) is 12.1 Å². The van der Waals surface area contributed by atoms with E-state index in [1.807, 2.05) is 7.05 Å². The Bertz CT molecular complexity index is 355. The predicted molar refractivity (Wildman–Crippen MR) is 69.0 cm³/mol. The Morgan fingerprint density at radius 3 is 2.71 bits per heavy atom. The molecule has 0 radical (unpaired) electrons. The van der Waals surface area contributed by atoms with E-state index in [4.69, 9.17) is 16.3 Å². The molecule has 0 heterocycles. The zero-order chi connectivity index (χ0) is 12.8. The van der Waals surface area contributed by atoms with Crippen LogP contribution in [0.15, 0.2) is 18.2 Å². The topological polar surface area (TPSA) is 21.3 Å². The van der Waals surface area contributed by atoms with Crippen LogP contribution >= 0.6 is 11.6 Å². The third kappa shape index (κ3) is 3.95. The van der Waals surface area contributed by atoms with Gasteiger partial charge in [0.05, 0.1) is 6.10 Å². The number of ether oxygens (including phenoxy) is 1. The fraction of sp³-hybridized carbons (Fsp3) is 0.538. The molecule has 1 aromatic rings. The average molecular weight is 260 g/mol. The van der Waals surface area contributed by atoms with E-state index < -0.39 is 0 Å². The van der Waals surface area contributed by atoms with E-state index in [1.54, 1.807) is 13.2 Å². The highest BCUT2D eigenvalue weighted by molar-refractivity contribution is 6.31. The highest BCUT2D eigenvalue weighted by Gasteiger charge is 2.19. The van der Waals surface area contributed by atoms with Crippen LogP contribution in [-0.4, -0.2) is 26.3 Å². The van der Waals surface area contributed by atoms with Crippen LogP contribution in [0.3, 0.4) is 0 Å². The Labute approximate surface area is 107 Å². The van der Waals surface area contributed by atoms with E-state index in [2.05, 4.69) is 12.2 Å². The molecule has 4 heteroatoms. The first kappa shape index (κ1) is 14.4. The summed E-state index contributed by atoms with van der Waals surface area (Å²) in [5.41, 5.74) is 0.807. The van der Waals surface area contributed by atoms with E-state index in [9.17, 15) is 4.39 Å². The lowest BCUT2D eigenvalue weighted by Crippen LogP contribution is -2.40. The second kappa shape index (κ2) is 6.94. The van der Waals surface area contributed by atoms with Crippen molar-refractivity contribution >= 4 is 11.6 Å². The molecular weight excluding hydrogens is 241 g/mol. The second-order valence-electron chi connectivity index (χ2n) is 4.02. The molecule has 2 nitrogen and oxygen atoms in total. The van der Waals surface area contributed by atoms with Crippen molar-refractivity contribution in [3.63, 3.8) is 0 Å². The molecule has 17 heavy (non-hydrogen) atoms.